The molecule has 2 rings (SSSR count). The van der Waals surface area contributed by atoms with Crippen molar-refractivity contribution >= 4 is 32.9 Å². The van der Waals surface area contributed by atoms with Crippen molar-refractivity contribution in [1.82, 2.24) is 4.90 Å². The van der Waals surface area contributed by atoms with Crippen molar-refractivity contribution in [2.45, 2.75) is 18.1 Å². The highest BCUT2D eigenvalue weighted by Crippen LogP contribution is 2.28. The summed E-state index contributed by atoms with van der Waals surface area (Å²) in [6.07, 6.45) is 2.73. The maximum atomic E-state index is 5.63. The molecule has 1 heterocycles. The zero-order chi connectivity index (χ0) is 11.4. The van der Waals surface area contributed by atoms with Gasteiger partial charge in [-0.1, -0.05) is 27.7 Å². The Balaban J connectivity index is 1.57. The second kappa shape index (κ2) is 6.26. The van der Waals surface area contributed by atoms with Gasteiger partial charge in [-0.05, 0) is 18.8 Å². The molecule has 0 aromatic heterocycles. The van der Waals surface area contributed by atoms with E-state index in [2.05, 4.69) is 32.9 Å². The molecule has 5 heteroatoms. The predicted octanol–water partition coefficient (Wildman–Crippen LogP) is 2.21. The van der Waals surface area contributed by atoms with Crippen LogP contribution in [0.5, 0.6) is 0 Å². The number of hydrogen-bond donors (Lipinski definition) is 0. The fourth-order valence-electron chi connectivity index (χ4n) is 1.53. The van der Waals surface area contributed by atoms with Crippen LogP contribution in [0.15, 0.2) is 4.99 Å². The number of amidine groups is 1. The highest BCUT2D eigenvalue weighted by Gasteiger charge is 2.22. The SMILES string of the molecule is CN(CCOCC1CC1)C1=NCC(CBr)S1. The molecule has 1 aliphatic heterocycles. The van der Waals surface area contributed by atoms with Crippen LogP contribution in [0.1, 0.15) is 12.8 Å². The Kier molecular flexibility index (Phi) is 4.97. The van der Waals surface area contributed by atoms with E-state index in [1.165, 1.54) is 18.0 Å². The Labute approximate surface area is 110 Å². The van der Waals surface area contributed by atoms with E-state index in [4.69, 9.17) is 4.74 Å². The lowest BCUT2D eigenvalue weighted by molar-refractivity contribution is 0.116. The molecule has 0 spiro atoms. The Morgan fingerprint density at radius 2 is 2.38 bits per heavy atom. The maximum absolute atomic E-state index is 5.63. The van der Waals surface area contributed by atoms with Gasteiger partial charge in [0.15, 0.2) is 5.17 Å². The second-order valence-electron chi connectivity index (χ2n) is 4.46. The summed E-state index contributed by atoms with van der Waals surface area (Å²) in [6.45, 7) is 3.68. The van der Waals surface area contributed by atoms with Crippen LogP contribution >= 0.6 is 27.7 Å². The lowest BCUT2D eigenvalue weighted by atomic mass is 10.5. The molecule has 0 bridgehead atoms. The van der Waals surface area contributed by atoms with Crippen LogP contribution in [0.2, 0.25) is 0 Å². The van der Waals surface area contributed by atoms with Gasteiger partial charge >= 0.3 is 0 Å². The van der Waals surface area contributed by atoms with Gasteiger partial charge in [0, 0.05) is 30.8 Å². The molecule has 1 fully saturated rings. The molecule has 0 saturated heterocycles. The molecule has 16 heavy (non-hydrogen) atoms. The van der Waals surface area contributed by atoms with Crippen molar-refractivity contribution < 1.29 is 4.74 Å². The highest BCUT2D eigenvalue weighted by atomic mass is 79.9. The van der Waals surface area contributed by atoms with Gasteiger partial charge in [-0.15, -0.1) is 0 Å². The van der Waals surface area contributed by atoms with E-state index in [1.54, 1.807) is 0 Å². The zero-order valence-corrected chi connectivity index (χ0v) is 12.1. The van der Waals surface area contributed by atoms with Gasteiger partial charge in [-0.2, -0.15) is 0 Å². The third-order valence-electron chi connectivity index (χ3n) is 2.82. The van der Waals surface area contributed by atoms with Crippen LogP contribution in [0.25, 0.3) is 0 Å². The molecule has 0 amide bonds. The van der Waals surface area contributed by atoms with E-state index in [0.29, 0.717) is 5.25 Å². The monoisotopic (exact) mass is 306 g/mol. The minimum Gasteiger partial charge on any atom is -0.379 e. The normalized spacial score (nSPS) is 24.6. The smallest absolute Gasteiger partial charge is 0.159 e. The third-order valence-corrected chi connectivity index (χ3v) is 5.33. The summed E-state index contributed by atoms with van der Waals surface area (Å²) in [5.41, 5.74) is 0. The number of likely N-dealkylation sites (N-methyl/N-ethyl adjacent to an activating group) is 1. The van der Waals surface area contributed by atoms with Crippen molar-refractivity contribution in [1.29, 1.82) is 0 Å². The number of ether oxygens (including phenoxy) is 1. The fraction of sp³-hybridized carbons (Fsp3) is 0.909. The van der Waals surface area contributed by atoms with E-state index >= 15 is 0 Å². The number of alkyl halides is 1. The Bertz CT molecular complexity index is 258. The molecular formula is C11H19BrN2OS. The van der Waals surface area contributed by atoms with Crippen LogP contribution in [-0.4, -0.2) is 54.0 Å². The zero-order valence-electron chi connectivity index (χ0n) is 9.69. The molecule has 0 aromatic carbocycles. The Morgan fingerprint density at radius 3 is 3.00 bits per heavy atom. The molecule has 1 unspecified atom stereocenters. The van der Waals surface area contributed by atoms with Gasteiger partial charge < -0.3 is 9.64 Å². The van der Waals surface area contributed by atoms with Crippen molar-refractivity contribution in [2.24, 2.45) is 10.9 Å². The van der Waals surface area contributed by atoms with Gasteiger partial charge in [0.05, 0.1) is 13.2 Å². The lowest BCUT2D eigenvalue weighted by Crippen LogP contribution is -2.27. The van der Waals surface area contributed by atoms with E-state index in [-0.39, 0.29) is 0 Å². The van der Waals surface area contributed by atoms with Crippen LogP contribution in [0, 0.1) is 5.92 Å². The summed E-state index contributed by atoms with van der Waals surface area (Å²) in [5.74, 6) is 0.862. The molecule has 0 N–H and O–H groups in total. The first-order valence-corrected chi connectivity index (χ1v) is 7.85. The van der Waals surface area contributed by atoms with E-state index in [9.17, 15) is 0 Å². The van der Waals surface area contributed by atoms with Gasteiger partial charge in [0.25, 0.3) is 0 Å². The number of thioether (sulfide) groups is 1. The molecular weight excluding hydrogens is 288 g/mol. The number of rotatable bonds is 6. The summed E-state index contributed by atoms with van der Waals surface area (Å²) in [7, 11) is 2.10. The van der Waals surface area contributed by atoms with E-state index in [0.717, 1.165) is 37.6 Å². The molecule has 1 atom stereocenters. The maximum Gasteiger partial charge on any atom is 0.159 e. The largest absolute Gasteiger partial charge is 0.379 e. The fourth-order valence-corrected chi connectivity index (χ4v) is 3.06. The average molecular weight is 307 g/mol. The van der Waals surface area contributed by atoms with E-state index in [1.807, 2.05) is 11.8 Å². The Morgan fingerprint density at radius 1 is 1.56 bits per heavy atom. The standard InChI is InChI=1S/C11H19BrN2OS/c1-14(4-5-15-8-9-2-3-9)11-13-7-10(6-12)16-11/h9-10H,2-8H2,1H3. The average Bonchev–Trinajstić information content (AvgIpc) is 2.99. The molecule has 2 aliphatic rings. The second-order valence-corrected chi connectivity index (χ2v) is 6.37. The van der Waals surface area contributed by atoms with Crippen LogP contribution < -0.4 is 0 Å². The molecule has 3 nitrogen and oxygen atoms in total. The first kappa shape index (κ1) is 12.7. The van der Waals surface area contributed by atoms with Crippen molar-refractivity contribution in [2.75, 3.05) is 38.7 Å². The van der Waals surface area contributed by atoms with Crippen LogP contribution in [0.3, 0.4) is 0 Å². The topological polar surface area (TPSA) is 24.8 Å². The van der Waals surface area contributed by atoms with Gasteiger partial charge in [-0.25, -0.2) is 0 Å². The molecule has 0 radical (unpaired) electrons. The highest BCUT2D eigenvalue weighted by molar-refractivity contribution is 9.09. The quantitative estimate of drug-likeness (QED) is 0.555. The summed E-state index contributed by atoms with van der Waals surface area (Å²) < 4.78 is 5.63. The van der Waals surface area contributed by atoms with Crippen molar-refractivity contribution in [3.8, 4) is 0 Å². The predicted molar refractivity (Wildman–Crippen MR) is 73.6 cm³/mol. The van der Waals surface area contributed by atoms with Gasteiger partial charge in [0.2, 0.25) is 0 Å². The number of hydrogen-bond acceptors (Lipinski definition) is 4. The van der Waals surface area contributed by atoms with Gasteiger partial charge in [-0.3, -0.25) is 4.99 Å². The first-order valence-electron chi connectivity index (χ1n) is 5.85. The van der Waals surface area contributed by atoms with Crippen molar-refractivity contribution in [3.05, 3.63) is 0 Å². The number of aliphatic imine (C=N–C) groups is 1. The summed E-state index contributed by atoms with van der Waals surface area (Å²) in [5, 5.41) is 2.81. The van der Waals surface area contributed by atoms with Crippen LogP contribution in [0.4, 0.5) is 0 Å². The molecule has 1 saturated carbocycles. The third kappa shape index (κ3) is 3.93. The minimum atomic E-state index is 0.616. The lowest BCUT2D eigenvalue weighted by Gasteiger charge is -2.18. The number of nitrogens with zero attached hydrogens (tertiary/aromatic N) is 2. The van der Waals surface area contributed by atoms with Gasteiger partial charge in [0.1, 0.15) is 0 Å². The summed E-state index contributed by atoms with van der Waals surface area (Å²) in [4.78, 5) is 6.74. The summed E-state index contributed by atoms with van der Waals surface area (Å²) >= 11 is 5.37. The van der Waals surface area contributed by atoms with Crippen LogP contribution in [-0.2, 0) is 4.74 Å². The minimum absolute atomic E-state index is 0.616. The molecule has 1 aliphatic carbocycles. The van der Waals surface area contributed by atoms with E-state index < -0.39 is 0 Å². The summed E-state index contributed by atoms with van der Waals surface area (Å²) in [6, 6.07) is 0. The number of halogens is 1. The van der Waals surface area contributed by atoms with Crippen molar-refractivity contribution in [3.63, 3.8) is 0 Å². The first-order chi connectivity index (χ1) is 7.79. The molecule has 92 valence electrons. The molecule has 0 aromatic rings. The Hall–Kier alpha value is 0.260.